The number of fused-ring (bicyclic) bond motifs is 2. The van der Waals surface area contributed by atoms with Crippen LogP contribution in [0.1, 0.15) is 15.9 Å². The molecule has 7 heteroatoms. The van der Waals surface area contributed by atoms with Crippen molar-refractivity contribution < 1.29 is 24.3 Å². The highest BCUT2D eigenvalue weighted by Gasteiger charge is 2.25. The maximum atomic E-state index is 13.0. The molecule has 2 amide bonds. The van der Waals surface area contributed by atoms with Crippen molar-refractivity contribution in [1.82, 2.24) is 5.48 Å². The largest absolute Gasteiger partial charge is 0.484 e. The van der Waals surface area contributed by atoms with E-state index in [4.69, 9.17) is 14.7 Å². The highest BCUT2D eigenvalue weighted by atomic mass is 16.5. The second-order valence-corrected chi connectivity index (χ2v) is 6.41. The van der Waals surface area contributed by atoms with Gasteiger partial charge in [0.2, 0.25) is 0 Å². The van der Waals surface area contributed by atoms with Crippen molar-refractivity contribution in [3.8, 4) is 17.2 Å². The molecule has 146 valence electrons. The van der Waals surface area contributed by atoms with Crippen LogP contribution in [0.25, 0.3) is 0 Å². The Balaban J connectivity index is 1.52. The molecule has 0 saturated carbocycles. The second-order valence-electron chi connectivity index (χ2n) is 6.41. The first-order valence-corrected chi connectivity index (χ1v) is 8.98. The fraction of sp³-hybridized carbons (Fsp3) is 0.0909. The lowest BCUT2D eigenvalue weighted by atomic mass is 10.2. The molecule has 0 atom stereocenters. The van der Waals surface area contributed by atoms with Gasteiger partial charge >= 0.3 is 0 Å². The number of para-hydroxylation sites is 3. The summed E-state index contributed by atoms with van der Waals surface area (Å²) in [6.45, 7) is 0.188. The van der Waals surface area contributed by atoms with Crippen LogP contribution in [-0.4, -0.2) is 23.6 Å². The first kappa shape index (κ1) is 18.5. The molecule has 0 aliphatic carbocycles. The first-order chi connectivity index (χ1) is 14.2. The van der Waals surface area contributed by atoms with Crippen molar-refractivity contribution in [2.24, 2.45) is 0 Å². The summed E-state index contributed by atoms with van der Waals surface area (Å²) < 4.78 is 11.6. The molecule has 3 aromatic rings. The van der Waals surface area contributed by atoms with Crippen LogP contribution in [0.3, 0.4) is 0 Å². The number of anilines is 1. The molecule has 7 nitrogen and oxygen atoms in total. The third-order valence-electron chi connectivity index (χ3n) is 4.56. The van der Waals surface area contributed by atoms with Gasteiger partial charge in [-0.05, 0) is 42.5 Å². The molecule has 0 fully saturated rings. The zero-order valence-corrected chi connectivity index (χ0v) is 15.4. The SMILES string of the molecule is O=C(NO)c1ccc(OCC(=O)N2Cc3ccccc3Oc3ccccc32)cc1. The quantitative estimate of drug-likeness (QED) is 0.526. The number of hydrogen-bond acceptors (Lipinski definition) is 5. The summed E-state index contributed by atoms with van der Waals surface area (Å²) in [6, 6.07) is 21.1. The van der Waals surface area contributed by atoms with E-state index in [1.54, 1.807) is 22.5 Å². The van der Waals surface area contributed by atoms with Crippen LogP contribution < -0.4 is 19.9 Å². The third kappa shape index (κ3) is 3.90. The zero-order chi connectivity index (χ0) is 20.2. The molecule has 0 radical (unpaired) electrons. The van der Waals surface area contributed by atoms with E-state index in [0.29, 0.717) is 29.5 Å². The summed E-state index contributed by atoms with van der Waals surface area (Å²) in [5, 5.41) is 8.66. The van der Waals surface area contributed by atoms with Crippen LogP contribution in [0.5, 0.6) is 17.2 Å². The van der Waals surface area contributed by atoms with Crippen LogP contribution in [0.4, 0.5) is 5.69 Å². The van der Waals surface area contributed by atoms with Gasteiger partial charge in [-0.25, -0.2) is 5.48 Å². The zero-order valence-electron chi connectivity index (χ0n) is 15.4. The molecule has 4 rings (SSSR count). The van der Waals surface area contributed by atoms with Gasteiger partial charge in [0.05, 0.1) is 12.2 Å². The van der Waals surface area contributed by atoms with Crippen molar-refractivity contribution in [2.75, 3.05) is 11.5 Å². The minimum Gasteiger partial charge on any atom is -0.484 e. The monoisotopic (exact) mass is 390 g/mol. The van der Waals surface area contributed by atoms with Gasteiger partial charge in [0.15, 0.2) is 12.4 Å². The smallest absolute Gasteiger partial charge is 0.274 e. The Morgan fingerprint density at radius 1 is 0.966 bits per heavy atom. The van der Waals surface area contributed by atoms with Crippen molar-refractivity contribution in [1.29, 1.82) is 0 Å². The summed E-state index contributed by atoms with van der Waals surface area (Å²) in [6.07, 6.45) is 0. The van der Waals surface area contributed by atoms with E-state index in [2.05, 4.69) is 0 Å². The Morgan fingerprint density at radius 2 is 1.66 bits per heavy atom. The molecule has 1 aliphatic rings. The van der Waals surface area contributed by atoms with Crippen molar-refractivity contribution in [3.05, 3.63) is 83.9 Å². The number of benzene rings is 3. The molecule has 0 saturated heterocycles. The Labute approximate surface area is 167 Å². The Kier molecular flexibility index (Phi) is 5.13. The van der Waals surface area contributed by atoms with Crippen LogP contribution in [0.2, 0.25) is 0 Å². The predicted octanol–water partition coefficient (Wildman–Crippen LogP) is 3.52. The standard InChI is InChI=1S/C22H18N2O5/c25-21(14-28-17-11-9-15(10-12-17)22(26)23-27)24-13-16-5-1-3-7-19(16)29-20-8-4-2-6-18(20)24/h1-12,27H,13-14H2,(H,23,26). The van der Waals surface area contributed by atoms with E-state index >= 15 is 0 Å². The van der Waals surface area contributed by atoms with Crippen LogP contribution in [-0.2, 0) is 11.3 Å². The summed E-state index contributed by atoms with van der Waals surface area (Å²) in [7, 11) is 0. The van der Waals surface area contributed by atoms with Crippen molar-refractivity contribution in [3.63, 3.8) is 0 Å². The van der Waals surface area contributed by atoms with Gasteiger partial charge in [0.1, 0.15) is 11.5 Å². The van der Waals surface area contributed by atoms with Gasteiger partial charge < -0.3 is 14.4 Å². The number of ether oxygens (including phenoxy) is 2. The average molecular weight is 390 g/mol. The van der Waals surface area contributed by atoms with Crippen LogP contribution >= 0.6 is 0 Å². The van der Waals surface area contributed by atoms with Crippen molar-refractivity contribution >= 4 is 17.5 Å². The number of rotatable bonds is 4. The molecule has 0 spiro atoms. The predicted molar refractivity (Wildman–Crippen MR) is 105 cm³/mol. The first-order valence-electron chi connectivity index (χ1n) is 8.98. The maximum absolute atomic E-state index is 13.0. The third-order valence-corrected chi connectivity index (χ3v) is 4.56. The number of hydroxylamine groups is 1. The highest BCUT2D eigenvalue weighted by molar-refractivity contribution is 5.96. The molecular formula is C22H18N2O5. The van der Waals surface area contributed by atoms with Gasteiger partial charge in [-0.15, -0.1) is 0 Å². The van der Waals surface area contributed by atoms with Gasteiger partial charge in [-0.3, -0.25) is 14.8 Å². The molecule has 0 unspecified atom stereocenters. The molecule has 0 bridgehead atoms. The lowest BCUT2D eigenvalue weighted by molar-refractivity contribution is -0.120. The van der Waals surface area contributed by atoms with Crippen molar-refractivity contribution in [2.45, 2.75) is 6.54 Å². The van der Waals surface area contributed by atoms with E-state index in [9.17, 15) is 9.59 Å². The molecule has 0 aromatic heterocycles. The maximum Gasteiger partial charge on any atom is 0.274 e. The van der Waals surface area contributed by atoms with Gasteiger partial charge in [-0.2, -0.15) is 0 Å². The number of nitrogens with zero attached hydrogens (tertiary/aromatic N) is 1. The normalized spacial score (nSPS) is 12.1. The minimum absolute atomic E-state index is 0.179. The number of carbonyl (C=O) groups excluding carboxylic acids is 2. The minimum atomic E-state index is -0.618. The number of nitrogens with one attached hydrogen (secondary N) is 1. The summed E-state index contributed by atoms with van der Waals surface area (Å²) in [4.78, 5) is 26.0. The molecule has 2 N–H and O–H groups in total. The Hall–Kier alpha value is -3.84. The van der Waals surface area contributed by atoms with E-state index in [1.165, 1.54) is 12.1 Å². The van der Waals surface area contributed by atoms with Gasteiger partial charge in [0.25, 0.3) is 11.8 Å². The average Bonchev–Trinajstić information content (AvgIpc) is 2.94. The molecular weight excluding hydrogens is 372 g/mol. The number of hydrogen-bond donors (Lipinski definition) is 2. The summed E-state index contributed by atoms with van der Waals surface area (Å²) >= 11 is 0. The van der Waals surface area contributed by atoms with Crippen LogP contribution in [0, 0.1) is 0 Å². The van der Waals surface area contributed by atoms with Gasteiger partial charge in [-0.1, -0.05) is 30.3 Å². The van der Waals surface area contributed by atoms with E-state index < -0.39 is 5.91 Å². The Morgan fingerprint density at radius 3 is 2.41 bits per heavy atom. The fourth-order valence-corrected chi connectivity index (χ4v) is 3.09. The topological polar surface area (TPSA) is 88.1 Å². The summed E-state index contributed by atoms with van der Waals surface area (Å²) in [5.74, 6) is 0.911. The fourth-order valence-electron chi connectivity index (χ4n) is 3.09. The van der Waals surface area contributed by atoms with Gasteiger partial charge in [0, 0.05) is 11.1 Å². The summed E-state index contributed by atoms with van der Waals surface area (Å²) in [5.41, 5.74) is 3.42. The van der Waals surface area contributed by atoms with Crippen LogP contribution in [0.15, 0.2) is 72.8 Å². The van der Waals surface area contributed by atoms with E-state index in [0.717, 1.165) is 5.56 Å². The number of amides is 2. The second kappa shape index (κ2) is 8.04. The lowest BCUT2D eigenvalue weighted by Gasteiger charge is -2.22. The molecule has 1 aliphatic heterocycles. The molecule has 1 heterocycles. The van der Waals surface area contributed by atoms with E-state index in [-0.39, 0.29) is 18.1 Å². The number of carbonyl (C=O) groups is 2. The molecule has 29 heavy (non-hydrogen) atoms. The van der Waals surface area contributed by atoms with E-state index in [1.807, 2.05) is 48.5 Å². The molecule has 3 aromatic carbocycles. The Bertz CT molecular complexity index is 1050. The lowest BCUT2D eigenvalue weighted by Crippen LogP contribution is -2.34. The highest BCUT2D eigenvalue weighted by Crippen LogP contribution is 2.38.